The van der Waals surface area contributed by atoms with Gasteiger partial charge in [0.2, 0.25) is 0 Å². The molecule has 0 radical (unpaired) electrons. The standard InChI is InChI=1S/C25H24ClN5O3/c1-14-4-7-20-18(10-14)22(24(33)34)21-8-9-25(3,12-30(20)21)28-23(32)17-6-5-16(11-19(17)26)31-13-27-29-15(31)2/h4-7,10-11,13H,8-9,12H2,1-3H3,(H,28,32)(H,33,34)/t25-/m1/s1. The van der Waals surface area contributed by atoms with E-state index in [0.29, 0.717) is 41.4 Å². The van der Waals surface area contributed by atoms with Crippen molar-refractivity contribution >= 4 is 34.4 Å². The number of hydrogen-bond donors (Lipinski definition) is 2. The molecule has 0 spiro atoms. The summed E-state index contributed by atoms with van der Waals surface area (Å²) in [5.41, 5.74) is 3.61. The fourth-order valence-electron chi connectivity index (χ4n) is 4.85. The van der Waals surface area contributed by atoms with Crippen LogP contribution in [0.2, 0.25) is 5.02 Å². The lowest BCUT2D eigenvalue weighted by Gasteiger charge is -2.36. The Labute approximate surface area is 201 Å². The van der Waals surface area contributed by atoms with E-state index in [-0.39, 0.29) is 5.91 Å². The molecule has 0 bridgehead atoms. The zero-order chi connectivity index (χ0) is 24.2. The van der Waals surface area contributed by atoms with Gasteiger partial charge in [0.05, 0.1) is 21.7 Å². The number of aromatic nitrogens is 4. The van der Waals surface area contributed by atoms with Crippen LogP contribution < -0.4 is 5.32 Å². The molecule has 0 aliphatic carbocycles. The number of benzene rings is 2. The highest BCUT2D eigenvalue weighted by molar-refractivity contribution is 6.34. The lowest BCUT2D eigenvalue weighted by molar-refractivity contribution is 0.0694. The van der Waals surface area contributed by atoms with E-state index in [0.717, 1.165) is 27.8 Å². The molecule has 3 heterocycles. The van der Waals surface area contributed by atoms with Crippen molar-refractivity contribution in [1.29, 1.82) is 0 Å². The number of carboxylic acids is 1. The van der Waals surface area contributed by atoms with Crippen LogP contribution in [0.15, 0.2) is 42.7 Å². The topological polar surface area (TPSA) is 102 Å². The van der Waals surface area contributed by atoms with Crippen molar-refractivity contribution in [2.24, 2.45) is 0 Å². The number of fused-ring (bicyclic) bond motifs is 3. The Bertz CT molecular complexity index is 1470. The number of rotatable bonds is 4. The lowest BCUT2D eigenvalue weighted by Crippen LogP contribution is -2.51. The number of amides is 1. The van der Waals surface area contributed by atoms with Crippen LogP contribution in [0.5, 0.6) is 0 Å². The number of carboxylic acid groups (broad SMARTS) is 1. The van der Waals surface area contributed by atoms with Crippen molar-refractivity contribution in [3.05, 3.63) is 76.0 Å². The van der Waals surface area contributed by atoms with Crippen LogP contribution in [0.1, 0.15) is 51.1 Å². The van der Waals surface area contributed by atoms with Gasteiger partial charge in [-0.05, 0) is 63.9 Å². The SMILES string of the molecule is Cc1ccc2c(c1)c(C(=O)O)c1n2C[C@](C)(NC(=O)c2ccc(-n3cnnc3C)cc2Cl)CC1. The highest BCUT2D eigenvalue weighted by Crippen LogP contribution is 2.35. The highest BCUT2D eigenvalue weighted by atomic mass is 35.5. The summed E-state index contributed by atoms with van der Waals surface area (Å²) in [6, 6.07) is 11.1. The molecular weight excluding hydrogens is 454 g/mol. The van der Waals surface area contributed by atoms with Crippen molar-refractivity contribution in [2.75, 3.05) is 0 Å². The Hall–Kier alpha value is -3.65. The summed E-state index contributed by atoms with van der Waals surface area (Å²) < 4.78 is 3.82. The summed E-state index contributed by atoms with van der Waals surface area (Å²) in [6.45, 7) is 6.24. The molecule has 0 saturated carbocycles. The molecule has 8 nitrogen and oxygen atoms in total. The summed E-state index contributed by atoms with van der Waals surface area (Å²) in [5, 5.41) is 21.9. The van der Waals surface area contributed by atoms with Gasteiger partial charge < -0.3 is 15.0 Å². The second-order valence-corrected chi connectivity index (χ2v) is 9.57. The predicted molar refractivity (Wildman–Crippen MR) is 129 cm³/mol. The largest absolute Gasteiger partial charge is 0.478 e. The third-order valence-corrected chi connectivity index (χ3v) is 6.88. The van der Waals surface area contributed by atoms with Crippen LogP contribution in [-0.2, 0) is 13.0 Å². The van der Waals surface area contributed by atoms with E-state index in [4.69, 9.17) is 11.6 Å². The second kappa shape index (κ2) is 7.99. The lowest BCUT2D eigenvalue weighted by atomic mass is 9.89. The smallest absolute Gasteiger partial charge is 0.338 e. The number of aromatic carboxylic acids is 1. The van der Waals surface area contributed by atoms with Gasteiger partial charge in [-0.3, -0.25) is 9.36 Å². The van der Waals surface area contributed by atoms with Crippen molar-refractivity contribution in [1.82, 2.24) is 24.6 Å². The zero-order valence-electron chi connectivity index (χ0n) is 19.1. The molecule has 174 valence electrons. The molecule has 0 fully saturated rings. The number of aryl methyl sites for hydroxylation is 2. The van der Waals surface area contributed by atoms with Crippen LogP contribution in [-0.4, -0.2) is 41.9 Å². The number of halogens is 1. The molecule has 0 unspecified atom stereocenters. The van der Waals surface area contributed by atoms with Crippen LogP contribution in [0.3, 0.4) is 0 Å². The fraction of sp³-hybridized carbons (Fsp3) is 0.280. The van der Waals surface area contributed by atoms with Crippen LogP contribution in [0.4, 0.5) is 0 Å². The first-order valence-corrected chi connectivity index (χ1v) is 11.4. The zero-order valence-corrected chi connectivity index (χ0v) is 19.8. The molecule has 2 aromatic heterocycles. The van der Waals surface area contributed by atoms with E-state index in [2.05, 4.69) is 15.5 Å². The number of hydrogen-bond acceptors (Lipinski definition) is 4. The normalized spacial score (nSPS) is 17.5. The number of carbonyl (C=O) groups is 2. The van der Waals surface area contributed by atoms with Crippen molar-refractivity contribution in [3.63, 3.8) is 0 Å². The predicted octanol–water partition coefficient (Wildman–Crippen LogP) is 4.33. The van der Waals surface area contributed by atoms with E-state index < -0.39 is 11.5 Å². The average Bonchev–Trinajstić information content (AvgIpc) is 3.33. The minimum Gasteiger partial charge on any atom is -0.478 e. The summed E-state index contributed by atoms with van der Waals surface area (Å²) in [7, 11) is 0. The molecule has 9 heteroatoms. The molecule has 34 heavy (non-hydrogen) atoms. The average molecular weight is 478 g/mol. The third kappa shape index (κ3) is 3.64. The Morgan fingerprint density at radius 1 is 1.18 bits per heavy atom. The van der Waals surface area contributed by atoms with Gasteiger partial charge in [0.1, 0.15) is 12.2 Å². The maximum atomic E-state index is 13.2. The molecular formula is C25H24ClN5O3. The van der Waals surface area contributed by atoms with Crippen LogP contribution in [0.25, 0.3) is 16.6 Å². The molecule has 1 amide bonds. The van der Waals surface area contributed by atoms with Gasteiger partial charge in [0.15, 0.2) is 0 Å². The van der Waals surface area contributed by atoms with E-state index in [1.54, 1.807) is 29.1 Å². The molecule has 1 aliphatic heterocycles. The summed E-state index contributed by atoms with van der Waals surface area (Å²) >= 11 is 6.48. The van der Waals surface area contributed by atoms with Gasteiger partial charge in [0, 0.05) is 28.8 Å². The maximum absolute atomic E-state index is 13.2. The van der Waals surface area contributed by atoms with Crippen LogP contribution >= 0.6 is 11.6 Å². The van der Waals surface area contributed by atoms with E-state index >= 15 is 0 Å². The first kappa shape index (κ1) is 22.2. The van der Waals surface area contributed by atoms with Crippen molar-refractivity contribution in [3.8, 4) is 5.69 Å². The van der Waals surface area contributed by atoms with Gasteiger partial charge in [-0.25, -0.2) is 4.79 Å². The number of nitrogens with zero attached hydrogens (tertiary/aromatic N) is 4. The first-order chi connectivity index (χ1) is 16.2. The third-order valence-electron chi connectivity index (χ3n) is 6.57. The highest BCUT2D eigenvalue weighted by Gasteiger charge is 2.36. The Morgan fingerprint density at radius 3 is 2.65 bits per heavy atom. The molecule has 2 aromatic carbocycles. The Kier molecular flexibility index (Phi) is 5.20. The summed E-state index contributed by atoms with van der Waals surface area (Å²) in [5.74, 6) is -0.477. The van der Waals surface area contributed by atoms with Gasteiger partial charge >= 0.3 is 5.97 Å². The first-order valence-electron chi connectivity index (χ1n) is 11.0. The van der Waals surface area contributed by atoms with Gasteiger partial charge in [0.25, 0.3) is 5.91 Å². The number of nitrogens with one attached hydrogen (secondary N) is 1. The minimum absolute atomic E-state index is 0.270. The molecule has 2 N–H and O–H groups in total. The van der Waals surface area contributed by atoms with Crippen LogP contribution in [0, 0.1) is 13.8 Å². The van der Waals surface area contributed by atoms with Crippen molar-refractivity contribution in [2.45, 2.75) is 45.7 Å². The van der Waals surface area contributed by atoms with Crippen molar-refractivity contribution < 1.29 is 14.7 Å². The fourth-order valence-corrected chi connectivity index (χ4v) is 5.11. The monoisotopic (exact) mass is 477 g/mol. The quantitative estimate of drug-likeness (QED) is 0.455. The summed E-state index contributed by atoms with van der Waals surface area (Å²) in [4.78, 5) is 25.3. The maximum Gasteiger partial charge on any atom is 0.338 e. The van der Waals surface area contributed by atoms with Gasteiger partial charge in [-0.15, -0.1) is 10.2 Å². The summed E-state index contributed by atoms with van der Waals surface area (Å²) in [6.07, 6.45) is 2.76. The molecule has 0 saturated heterocycles. The second-order valence-electron chi connectivity index (χ2n) is 9.16. The molecule has 1 aliphatic rings. The minimum atomic E-state index is -0.924. The van der Waals surface area contributed by atoms with E-state index in [1.807, 2.05) is 43.5 Å². The Balaban J connectivity index is 1.44. The molecule has 4 aromatic rings. The molecule has 1 atom stereocenters. The van der Waals surface area contributed by atoms with E-state index in [9.17, 15) is 14.7 Å². The Morgan fingerprint density at radius 2 is 1.97 bits per heavy atom. The van der Waals surface area contributed by atoms with Gasteiger partial charge in [-0.2, -0.15) is 0 Å². The molecule has 5 rings (SSSR count). The number of carbonyl (C=O) groups excluding carboxylic acids is 1. The van der Waals surface area contributed by atoms with E-state index in [1.165, 1.54) is 0 Å². The van der Waals surface area contributed by atoms with Gasteiger partial charge in [-0.1, -0.05) is 23.2 Å².